The van der Waals surface area contributed by atoms with Crippen LogP contribution in [0, 0.1) is 0 Å². The van der Waals surface area contributed by atoms with E-state index in [4.69, 9.17) is 0 Å². The molecule has 0 saturated carbocycles. The first-order chi connectivity index (χ1) is 7.56. The minimum atomic E-state index is -0.459. The van der Waals surface area contributed by atoms with Gasteiger partial charge in [0.2, 0.25) is 0 Å². The molecule has 0 fully saturated rings. The second kappa shape index (κ2) is 3.79. The topological polar surface area (TPSA) is 47.2 Å². The third kappa shape index (κ3) is 1.46. The summed E-state index contributed by atoms with van der Waals surface area (Å²) in [5.41, 5.74) is 2.56. The number of fused-ring (bicyclic) bond motifs is 1. The van der Waals surface area contributed by atoms with E-state index in [9.17, 15) is 9.90 Å². The van der Waals surface area contributed by atoms with Gasteiger partial charge in [-0.05, 0) is 24.1 Å². The fourth-order valence-electron chi connectivity index (χ4n) is 1.97. The van der Waals surface area contributed by atoms with Crippen molar-refractivity contribution >= 4 is 11.0 Å². The molecule has 0 amide bonds. The molecule has 0 spiro atoms. The molecule has 0 unspecified atom stereocenters. The van der Waals surface area contributed by atoms with Crippen molar-refractivity contribution in [1.82, 2.24) is 9.13 Å². The maximum absolute atomic E-state index is 11.7. The van der Waals surface area contributed by atoms with Gasteiger partial charge < -0.3 is 5.11 Å². The summed E-state index contributed by atoms with van der Waals surface area (Å²) in [6.45, 7) is 1.93. The third-order valence-corrected chi connectivity index (χ3v) is 3.07. The highest BCUT2D eigenvalue weighted by Gasteiger charge is 2.10. The van der Waals surface area contributed by atoms with Crippen molar-refractivity contribution in [1.29, 1.82) is 0 Å². The summed E-state index contributed by atoms with van der Waals surface area (Å²) < 4.78 is 3.21. The number of hydrogen-bond donors (Lipinski definition) is 1. The van der Waals surface area contributed by atoms with E-state index in [2.05, 4.69) is 0 Å². The Morgan fingerprint density at radius 3 is 2.50 bits per heavy atom. The van der Waals surface area contributed by atoms with Gasteiger partial charge in [-0.2, -0.15) is 0 Å². The molecule has 1 aromatic carbocycles. The number of imidazole rings is 1. The van der Waals surface area contributed by atoms with Crippen molar-refractivity contribution < 1.29 is 5.11 Å². The van der Waals surface area contributed by atoms with Gasteiger partial charge in [0.25, 0.3) is 0 Å². The molecule has 1 N–H and O–H groups in total. The lowest BCUT2D eigenvalue weighted by atomic mass is 10.1. The van der Waals surface area contributed by atoms with Crippen LogP contribution in [0.5, 0.6) is 0 Å². The minimum Gasteiger partial charge on any atom is -0.388 e. The van der Waals surface area contributed by atoms with Gasteiger partial charge in [0, 0.05) is 14.1 Å². The zero-order chi connectivity index (χ0) is 11.9. The predicted octanol–water partition coefficient (Wildman–Crippen LogP) is 1.32. The summed E-state index contributed by atoms with van der Waals surface area (Å²) in [6, 6.07) is 5.63. The second-order valence-corrected chi connectivity index (χ2v) is 4.07. The van der Waals surface area contributed by atoms with Crippen LogP contribution in [-0.4, -0.2) is 14.2 Å². The van der Waals surface area contributed by atoms with Crippen LogP contribution < -0.4 is 5.69 Å². The molecule has 4 nitrogen and oxygen atoms in total. The fraction of sp³-hybridized carbons (Fsp3) is 0.417. The number of aliphatic hydroxyl groups is 1. The Labute approximate surface area is 93.7 Å². The molecule has 4 heteroatoms. The SMILES string of the molecule is CC[C@@H](O)c1ccc2c(c1)n(C)c(=O)n2C. The predicted molar refractivity (Wildman–Crippen MR) is 63.4 cm³/mol. The highest BCUT2D eigenvalue weighted by Crippen LogP contribution is 2.21. The fourth-order valence-corrected chi connectivity index (χ4v) is 1.97. The van der Waals surface area contributed by atoms with E-state index in [1.54, 1.807) is 23.2 Å². The largest absolute Gasteiger partial charge is 0.388 e. The monoisotopic (exact) mass is 220 g/mol. The molecule has 0 radical (unpaired) electrons. The third-order valence-electron chi connectivity index (χ3n) is 3.07. The average Bonchev–Trinajstić information content (AvgIpc) is 2.53. The maximum atomic E-state index is 11.7. The van der Waals surface area contributed by atoms with Gasteiger partial charge in [0.15, 0.2) is 0 Å². The van der Waals surface area contributed by atoms with E-state index in [0.717, 1.165) is 16.6 Å². The molecule has 1 heterocycles. The van der Waals surface area contributed by atoms with Crippen molar-refractivity contribution in [2.75, 3.05) is 0 Å². The molecule has 0 aliphatic heterocycles. The minimum absolute atomic E-state index is 0.0434. The van der Waals surface area contributed by atoms with Gasteiger partial charge >= 0.3 is 5.69 Å². The van der Waals surface area contributed by atoms with Crippen LogP contribution >= 0.6 is 0 Å². The van der Waals surface area contributed by atoms with Crippen LogP contribution in [0.25, 0.3) is 11.0 Å². The van der Waals surface area contributed by atoms with E-state index in [1.807, 2.05) is 25.1 Å². The lowest BCUT2D eigenvalue weighted by Crippen LogP contribution is -2.19. The molecular weight excluding hydrogens is 204 g/mol. The maximum Gasteiger partial charge on any atom is 0.328 e. The molecule has 86 valence electrons. The highest BCUT2D eigenvalue weighted by atomic mass is 16.3. The van der Waals surface area contributed by atoms with Gasteiger partial charge in [0.1, 0.15) is 0 Å². The van der Waals surface area contributed by atoms with Gasteiger partial charge in [-0.1, -0.05) is 13.0 Å². The summed E-state index contributed by atoms with van der Waals surface area (Å²) in [7, 11) is 3.49. The number of rotatable bonds is 2. The van der Waals surface area contributed by atoms with Gasteiger partial charge in [-0.15, -0.1) is 0 Å². The van der Waals surface area contributed by atoms with E-state index < -0.39 is 6.10 Å². The van der Waals surface area contributed by atoms with Gasteiger partial charge in [-0.25, -0.2) is 4.79 Å². The molecule has 0 aliphatic carbocycles. The average molecular weight is 220 g/mol. The Morgan fingerprint density at radius 1 is 1.25 bits per heavy atom. The van der Waals surface area contributed by atoms with Crippen molar-refractivity contribution in [2.45, 2.75) is 19.4 Å². The number of nitrogens with zero attached hydrogens (tertiary/aromatic N) is 2. The Bertz CT molecular complexity index is 580. The van der Waals surface area contributed by atoms with Gasteiger partial charge in [-0.3, -0.25) is 9.13 Å². The van der Waals surface area contributed by atoms with Gasteiger partial charge in [0.05, 0.1) is 17.1 Å². The standard InChI is InChI=1S/C12H16N2O2/c1-4-11(15)8-5-6-9-10(7-8)14(3)12(16)13(9)2/h5-7,11,15H,4H2,1-3H3/t11-/m1/s1. The van der Waals surface area contributed by atoms with Crippen molar-refractivity contribution in [3.63, 3.8) is 0 Å². The number of aliphatic hydroxyl groups excluding tert-OH is 1. The molecule has 1 atom stereocenters. The summed E-state index contributed by atoms with van der Waals surface area (Å²) >= 11 is 0. The molecule has 0 bridgehead atoms. The Kier molecular flexibility index (Phi) is 2.59. The summed E-state index contributed by atoms with van der Waals surface area (Å²) in [5.74, 6) is 0. The Morgan fingerprint density at radius 2 is 1.88 bits per heavy atom. The highest BCUT2D eigenvalue weighted by molar-refractivity contribution is 5.76. The van der Waals surface area contributed by atoms with E-state index >= 15 is 0 Å². The summed E-state index contributed by atoms with van der Waals surface area (Å²) in [5, 5.41) is 9.76. The van der Waals surface area contributed by atoms with Crippen molar-refractivity contribution in [3.05, 3.63) is 34.2 Å². The Hall–Kier alpha value is -1.55. The smallest absolute Gasteiger partial charge is 0.328 e. The van der Waals surface area contributed by atoms with Crippen LogP contribution in [0.3, 0.4) is 0 Å². The number of hydrogen-bond acceptors (Lipinski definition) is 2. The first-order valence-electron chi connectivity index (χ1n) is 5.39. The molecule has 1 aromatic heterocycles. The number of aromatic nitrogens is 2. The lowest BCUT2D eigenvalue weighted by Gasteiger charge is -2.08. The van der Waals surface area contributed by atoms with Crippen LogP contribution in [0.15, 0.2) is 23.0 Å². The number of aryl methyl sites for hydroxylation is 2. The van der Waals surface area contributed by atoms with Crippen molar-refractivity contribution in [3.8, 4) is 0 Å². The molecular formula is C12H16N2O2. The van der Waals surface area contributed by atoms with Crippen LogP contribution in [0.1, 0.15) is 25.0 Å². The summed E-state index contributed by atoms with van der Waals surface area (Å²) in [6.07, 6.45) is 0.214. The first kappa shape index (κ1) is 11.0. The van der Waals surface area contributed by atoms with Crippen LogP contribution in [-0.2, 0) is 14.1 Å². The van der Waals surface area contributed by atoms with E-state index in [0.29, 0.717) is 6.42 Å². The first-order valence-corrected chi connectivity index (χ1v) is 5.39. The molecule has 2 rings (SSSR count). The van der Waals surface area contributed by atoms with E-state index in [-0.39, 0.29) is 5.69 Å². The summed E-state index contributed by atoms with van der Waals surface area (Å²) in [4.78, 5) is 11.7. The van der Waals surface area contributed by atoms with Crippen molar-refractivity contribution in [2.24, 2.45) is 14.1 Å². The number of benzene rings is 1. The second-order valence-electron chi connectivity index (χ2n) is 4.07. The van der Waals surface area contributed by atoms with Crippen LogP contribution in [0.2, 0.25) is 0 Å². The Balaban J connectivity index is 2.71. The molecule has 2 aromatic rings. The quantitative estimate of drug-likeness (QED) is 0.829. The molecule has 0 aliphatic rings. The molecule has 16 heavy (non-hydrogen) atoms. The van der Waals surface area contributed by atoms with E-state index in [1.165, 1.54) is 0 Å². The van der Waals surface area contributed by atoms with Crippen LogP contribution in [0.4, 0.5) is 0 Å². The lowest BCUT2D eigenvalue weighted by molar-refractivity contribution is 0.174. The zero-order valence-electron chi connectivity index (χ0n) is 9.77. The zero-order valence-corrected chi connectivity index (χ0v) is 9.77. The molecule has 0 saturated heterocycles. The normalized spacial score (nSPS) is 13.2.